The lowest BCUT2D eigenvalue weighted by Crippen LogP contribution is -2.17. The summed E-state index contributed by atoms with van der Waals surface area (Å²) in [6.45, 7) is 2.87. The third-order valence-corrected chi connectivity index (χ3v) is 4.97. The second-order valence-corrected chi connectivity index (χ2v) is 6.86. The summed E-state index contributed by atoms with van der Waals surface area (Å²) < 4.78 is 40.2. The molecule has 0 unspecified atom stereocenters. The number of rotatable bonds is 2. The Balaban J connectivity index is 2.24. The van der Waals surface area contributed by atoms with Crippen LogP contribution in [0.3, 0.4) is 0 Å². The molecular formula is C18H11Cl2F3N2O3. The van der Waals surface area contributed by atoms with Gasteiger partial charge in [-0.1, -0.05) is 23.2 Å². The average molecular weight is 431 g/mol. The quantitative estimate of drug-likeness (QED) is 0.593. The molecule has 10 heteroatoms. The van der Waals surface area contributed by atoms with E-state index in [-0.39, 0.29) is 43.3 Å². The lowest BCUT2D eigenvalue weighted by atomic mass is 10.1. The summed E-state index contributed by atoms with van der Waals surface area (Å²) in [6, 6.07) is 4.20. The number of carboxylic acids is 1. The fourth-order valence-corrected chi connectivity index (χ4v) is 3.47. The molecule has 2 aromatic carbocycles. The topological polar surface area (TPSA) is 72.2 Å². The minimum Gasteiger partial charge on any atom is -0.478 e. The van der Waals surface area contributed by atoms with Gasteiger partial charge in [-0.05, 0) is 43.7 Å². The summed E-state index contributed by atoms with van der Waals surface area (Å²) in [5, 5.41) is 12.9. The molecule has 3 rings (SSSR count). The molecule has 1 heterocycles. The highest BCUT2D eigenvalue weighted by atomic mass is 35.5. The first-order chi connectivity index (χ1) is 12.9. The van der Waals surface area contributed by atoms with E-state index in [1.165, 1.54) is 19.9 Å². The summed E-state index contributed by atoms with van der Waals surface area (Å²) >= 11 is 12.1. The second kappa shape index (κ2) is 6.79. The monoisotopic (exact) mass is 430 g/mol. The molecule has 0 amide bonds. The first-order valence-corrected chi connectivity index (χ1v) is 8.52. The Labute approximate surface area is 166 Å². The number of alkyl halides is 3. The number of halogens is 5. The Bertz CT molecular complexity index is 1150. The third kappa shape index (κ3) is 3.22. The van der Waals surface area contributed by atoms with Gasteiger partial charge in [0.1, 0.15) is 0 Å². The zero-order valence-corrected chi connectivity index (χ0v) is 15.9. The van der Waals surface area contributed by atoms with Crippen LogP contribution in [0.5, 0.6) is 0 Å². The molecule has 28 heavy (non-hydrogen) atoms. The van der Waals surface area contributed by atoms with E-state index in [0.717, 1.165) is 22.9 Å². The molecule has 146 valence electrons. The van der Waals surface area contributed by atoms with Gasteiger partial charge >= 0.3 is 12.1 Å². The molecule has 0 aliphatic heterocycles. The van der Waals surface area contributed by atoms with Crippen LogP contribution in [0.25, 0.3) is 10.9 Å². The third-order valence-electron chi connectivity index (χ3n) is 4.26. The Morgan fingerprint density at radius 2 is 1.79 bits per heavy atom. The Morgan fingerprint density at radius 3 is 2.36 bits per heavy atom. The largest absolute Gasteiger partial charge is 0.478 e. The van der Waals surface area contributed by atoms with Crippen LogP contribution in [0.1, 0.15) is 37.5 Å². The molecule has 0 fully saturated rings. The molecule has 5 nitrogen and oxygen atoms in total. The molecular weight excluding hydrogens is 420 g/mol. The minimum absolute atomic E-state index is 0.105. The molecule has 1 N–H and O–H groups in total. The maximum Gasteiger partial charge on any atom is 0.416 e. The summed E-state index contributed by atoms with van der Waals surface area (Å²) in [6.07, 6.45) is -4.56. The van der Waals surface area contributed by atoms with Gasteiger partial charge in [0.25, 0.3) is 5.91 Å². The van der Waals surface area contributed by atoms with Gasteiger partial charge in [-0.3, -0.25) is 4.79 Å². The van der Waals surface area contributed by atoms with Crippen LogP contribution in [-0.2, 0) is 6.18 Å². The van der Waals surface area contributed by atoms with E-state index in [1.54, 1.807) is 0 Å². The van der Waals surface area contributed by atoms with Gasteiger partial charge in [0, 0.05) is 5.39 Å². The summed E-state index contributed by atoms with van der Waals surface area (Å²) in [7, 11) is 0. The van der Waals surface area contributed by atoms with Crippen molar-refractivity contribution in [2.45, 2.75) is 20.0 Å². The summed E-state index contributed by atoms with van der Waals surface area (Å²) in [4.78, 5) is 24.2. The van der Waals surface area contributed by atoms with Crippen molar-refractivity contribution in [1.29, 1.82) is 0 Å². The lowest BCUT2D eigenvalue weighted by molar-refractivity contribution is -0.137. The highest BCUT2D eigenvalue weighted by molar-refractivity contribution is 6.41. The predicted octanol–water partition coefficient (Wildman–Crippen LogP) is 5.37. The van der Waals surface area contributed by atoms with Crippen LogP contribution < -0.4 is 0 Å². The number of carboxylic acid groups (broad SMARTS) is 1. The van der Waals surface area contributed by atoms with E-state index in [9.17, 15) is 27.9 Å². The van der Waals surface area contributed by atoms with Crippen molar-refractivity contribution in [1.82, 2.24) is 9.78 Å². The lowest BCUT2D eigenvalue weighted by Gasteiger charge is -2.09. The summed E-state index contributed by atoms with van der Waals surface area (Å²) in [5.74, 6) is -2.21. The van der Waals surface area contributed by atoms with E-state index >= 15 is 0 Å². The van der Waals surface area contributed by atoms with Gasteiger partial charge < -0.3 is 5.11 Å². The minimum atomic E-state index is -4.56. The van der Waals surface area contributed by atoms with Gasteiger partial charge in [0.2, 0.25) is 0 Å². The molecule has 0 aliphatic rings. The number of carbonyl (C=O) groups is 2. The highest BCUT2D eigenvalue weighted by Crippen LogP contribution is 2.35. The Hall–Kier alpha value is -2.58. The van der Waals surface area contributed by atoms with Gasteiger partial charge in [0.05, 0.1) is 37.9 Å². The standard InChI is InChI=1S/C18H11Cl2F3N2O3/c1-7-5-9(18(21,22)23)6-11-8(2)25(24-15(7)11)16(26)13-12(19)4-3-10(14(13)20)17(27)28/h3-6H,1-2H3,(H,27,28). The van der Waals surface area contributed by atoms with Gasteiger partial charge in [-0.2, -0.15) is 23.0 Å². The van der Waals surface area contributed by atoms with Crippen LogP contribution in [0, 0.1) is 13.8 Å². The Morgan fingerprint density at radius 1 is 1.14 bits per heavy atom. The molecule has 0 saturated carbocycles. The summed E-state index contributed by atoms with van der Waals surface area (Å²) in [5.41, 5.74) is -0.915. The fourth-order valence-electron chi connectivity index (χ4n) is 2.86. The average Bonchev–Trinajstić information content (AvgIpc) is 2.91. The van der Waals surface area contributed by atoms with Crippen molar-refractivity contribution >= 4 is 46.0 Å². The zero-order chi connectivity index (χ0) is 21.0. The number of hydrogen-bond donors (Lipinski definition) is 1. The first kappa shape index (κ1) is 20.2. The molecule has 0 aliphatic carbocycles. The molecule has 0 saturated heterocycles. The number of benzene rings is 2. The van der Waals surface area contributed by atoms with Crippen molar-refractivity contribution in [3.8, 4) is 0 Å². The molecule has 0 atom stereocenters. The normalized spacial score (nSPS) is 11.8. The SMILES string of the molecule is Cc1cc(C(F)(F)F)cc2c(C)n(C(=O)c3c(Cl)ccc(C(=O)O)c3Cl)nc12. The van der Waals surface area contributed by atoms with Crippen LogP contribution in [0.2, 0.25) is 10.0 Å². The predicted molar refractivity (Wildman–Crippen MR) is 97.4 cm³/mol. The number of fused-ring (bicyclic) bond motifs is 1. The maximum atomic E-state index is 13.1. The van der Waals surface area contributed by atoms with Crippen molar-refractivity contribution in [3.05, 3.63) is 62.3 Å². The maximum absolute atomic E-state index is 13.1. The molecule has 0 bridgehead atoms. The van der Waals surface area contributed by atoms with Crippen LogP contribution in [-0.4, -0.2) is 26.8 Å². The molecule has 1 aromatic heterocycles. The van der Waals surface area contributed by atoms with Crippen LogP contribution in [0.4, 0.5) is 13.2 Å². The number of aryl methyl sites for hydroxylation is 2. The van der Waals surface area contributed by atoms with E-state index in [0.29, 0.717) is 0 Å². The molecule has 0 radical (unpaired) electrons. The van der Waals surface area contributed by atoms with Crippen LogP contribution >= 0.6 is 23.2 Å². The van der Waals surface area contributed by atoms with Crippen molar-refractivity contribution in [3.63, 3.8) is 0 Å². The smallest absolute Gasteiger partial charge is 0.416 e. The number of hydrogen-bond acceptors (Lipinski definition) is 3. The second-order valence-electron chi connectivity index (χ2n) is 6.08. The van der Waals surface area contributed by atoms with Gasteiger partial charge in [-0.15, -0.1) is 0 Å². The fraction of sp³-hybridized carbons (Fsp3) is 0.167. The van der Waals surface area contributed by atoms with E-state index < -0.39 is 23.6 Å². The number of aromatic nitrogens is 2. The molecule has 3 aromatic rings. The zero-order valence-electron chi connectivity index (χ0n) is 14.4. The number of carbonyl (C=O) groups excluding carboxylic acids is 1. The Kier molecular flexibility index (Phi) is 4.89. The highest BCUT2D eigenvalue weighted by Gasteiger charge is 2.32. The van der Waals surface area contributed by atoms with Crippen molar-refractivity contribution in [2.75, 3.05) is 0 Å². The van der Waals surface area contributed by atoms with Crippen molar-refractivity contribution < 1.29 is 27.9 Å². The number of nitrogens with zero attached hydrogens (tertiary/aromatic N) is 2. The van der Waals surface area contributed by atoms with Gasteiger partial charge in [0.15, 0.2) is 0 Å². The van der Waals surface area contributed by atoms with Crippen molar-refractivity contribution in [2.24, 2.45) is 0 Å². The van der Waals surface area contributed by atoms with Crippen LogP contribution in [0.15, 0.2) is 24.3 Å². The molecule has 0 spiro atoms. The number of aromatic carboxylic acids is 1. The van der Waals surface area contributed by atoms with E-state index in [4.69, 9.17) is 23.2 Å². The first-order valence-electron chi connectivity index (χ1n) is 7.76. The van der Waals surface area contributed by atoms with Gasteiger partial charge in [-0.25, -0.2) is 4.79 Å². The van der Waals surface area contributed by atoms with E-state index in [1.807, 2.05) is 0 Å². The van der Waals surface area contributed by atoms with E-state index in [2.05, 4.69) is 5.10 Å².